The minimum atomic E-state index is -0.353. The lowest BCUT2D eigenvalue weighted by Crippen LogP contribution is -2.11. The molecule has 0 heterocycles. The quantitative estimate of drug-likeness (QED) is 0.368. The van der Waals surface area contributed by atoms with Crippen molar-refractivity contribution in [3.8, 4) is 0 Å². The van der Waals surface area contributed by atoms with Crippen molar-refractivity contribution in [2.45, 2.75) is 6.92 Å². The van der Waals surface area contributed by atoms with Crippen molar-refractivity contribution in [2.75, 3.05) is 13.2 Å². The molecule has 3 nitrogen and oxygen atoms in total. The monoisotopic (exact) mass is 155 g/mol. The second-order valence-corrected chi connectivity index (χ2v) is 1.84. The van der Waals surface area contributed by atoms with Gasteiger partial charge in [-0.3, -0.25) is 0 Å². The molecule has 0 aliphatic heterocycles. The van der Waals surface area contributed by atoms with E-state index < -0.39 is 0 Å². The molecule has 0 atom stereocenters. The van der Waals surface area contributed by atoms with Gasteiger partial charge in [-0.05, 0) is 6.92 Å². The Morgan fingerprint density at radius 2 is 2.27 bits per heavy atom. The van der Waals surface area contributed by atoms with Gasteiger partial charge in [-0.15, -0.1) is 0 Å². The van der Waals surface area contributed by atoms with Gasteiger partial charge in [-0.25, -0.2) is 4.79 Å². The van der Waals surface area contributed by atoms with E-state index in [0.29, 0.717) is 6.54 Å². The Morgan fingerprint density at radius 1 is 1.55 bits per heavy atom. The van der Waals surface area contributed by atoms with Crippen LogP contribution in [-0.2, 0) is 9.53 Å². The van der Waals surface area contributed by atoms with E-state index in [0.717, 1.165) is 0 Å². The van der Waals surface area contributed by atoms with Crippen molar-refractivity contribution in [1.29, 1.82) is 0 Å². The maximum absolute atomic E-state index is 10.7. The largest absolute Gasteiger partial charge is 0.461 e. The molecule has 0 unspecified atom stereocenters. The third-order valence-electron chi connectivity index (χ3n) is 0.898. The molecule has 0 fully saturated rings. The number of esters is 1. The Balaban J connectivity index is 3.51. The van der Waals surface area contributed by atoms with Crippen LogP contribution in [0.25, 0.3) is 0 Å². The van der Waals surface area contributed by atoms with Crippen LogP contribution in [0.5, 0.6) is 0 Å². The average Bonchev–Trinajstić information content (AvgIpc) is 2.01. The normalized spacial score (nSPS) is 11.1. The zero-order valence-electron chi connectivity index (χ0n) is 6.62. The van der Waals surface area contributed by atoms with E-state index >= 15 is 0 Å². The van der Waals surface area contributed by atoms with Gasteiger partial charge in [0.15, 0.2) is 0 Å². The lowest BCUT2D eigenvalue weighted by atomic mass is 10.4. The first kappa shape index (κ1) is 9.91. The van der Waals surface area contributed by atoms with Crippen LogP contribution >= 0.6 is 0 Å². The van der Waals surface area contributed by atoms with Crippen LogP contribution in [0.1, 0.15) is 6.92 Å². The Hall–Kier alpha value is -1.09. The average molecular weight is 155 g/mol. The Labute approximate surface area is 66.5 Å². The van der Waals surface area contributed by atoms with Crippen LogP contribution in [0.4, 0.5) is 0 Å². The van der Waals surface area contributed by atoms with E-state index in [9.17, 15) is 4.79 Å². The summed E-state index contributed by atoms with van der Waals surface area (Å²) in [4.78, 5) is 10.7. The van der Waals surface area contributed by atoms with Crippen LogP contribution in [0.15, 0.2) is 24.3 Å². The highest BCUT2D eigenvalue weighted by Gasteiger charge is 1.91. The number of hydrogen-bond acceptors (Lipinski definition) is 3. The fourth-order valence-electron chi connectivity index (χ4n) is 0.453. The number of carbonyl (C=O) groups excluding carboxylic acids is 1. The second-order valence-electron chi connectivity index (χ2n) is 1.84. The summed E-state index contributed by atoms with van der Waals surface area (Å²) < 4.78 is 4.65. The predicted octanol–water partition coefficient (Wildman–Crippen LogP) is 0.621. The van der Waals surface area contributed by atoms with Crippen LogP contribution in [0.3, 0.4) is 0 Å². The molecule has 0 aliphatic carbocycles. The molecule has 11 heavy (non-hydrogen) atoms. The summed E-state index contributed by atoms with van der Waals surface area (Å²) in [7, 11) is 0. The summed E-state index contributed by atoms with van der Waals surface area (Å²) >= 11 is 0. The van der Waals surface area contributed by atoms with Gasteiger partial charge in [-0.2, -0.15) is 0 Å². The molecule has 0 aromatic carbocycles. The third-order valence-corrected chi connectivity index (χ3v) is 0.898. The lowest BCUT2D eigenvalue weighted by molar-refractivity contribution is -0.137. The van der Waals surface area contributed by atoms with Crippen LogP contribution in [0, 0.1) is 0 Å². The van der Waals surface area contributed by atoms with E-state index in [-0.39, 0.29) is 12.6 Å². The third kappa shape index (κ3) is 6.80. The van der Waals surface area contributed by atoms with Crippen LogP contribution in [-0.4, -0.2) is 19.1 Å². The van der Waals surface area contributed by atoms with Crippen molar-refractivity contribution < 1.29 is 9.53 Å². The molecule has 3 heteroatoms. The van der Waals surface area contributed by atoms with Gasteiger partial charge in [0, 0.05) is 12.6 Å². The minimum absolute atomic E-state index is 0.277. The second kappa shape index (κ2) is 7.02. The molecular weight excluding hydrogens is 142 g/mol. The predicted molar refractivity (Wildman–Crippen MR) is 44.0 cm³/mol. The van der Waals surface area contributed by atoms with Crippen LogP contribution in [0.2, 0.25) is 0 Å². The molecule has 62 valence electrons. The maximum Gasteiger partial charge on any atom is 0.330 e. The fraction of sp³-hybridized carbons (Fsp3) is 0.375. The van der Waals surface area contributed by atoms with E-state index in [2.05, 4.69) is 4.74 Å². The summed E-state index contributed by atoms with van der Waals surface area (Å²) in [5.74, 6) is -0.353. The summed E-state index contributed by atoms with van der Waals surface area (Å²) in [6.07, 6.45) is 6.56. The Kier molecular flexibility index (Phi) is 6.33. The topological polar surface area (TPSA) is 52.3 Å². The number of hydrogen-bond donors (Lipinski definition) is 1. The summed E-state index contributed by atoms with van der Waals surface area (Å²) in [6, 6.07) is 0. The molecule has 0 aromatic rings. The van der Waals surface area contributed by atoms with E-state index in [4.69, 9.17) is 5.73 Å². The van der Waals surface area contributed by atoms with Crippen molar-refractivity contribution in [1.82, 2.24) is 0 Å². The molecule has 0 rings (SSSR count). The first-order chi connectivity index (χ1) is 5.31. The minimum Gasteiger partial charge on any atom is -0.461 e. The van der Waals surface area contributed by atoms with Gasteiger partial charge < -0.3 is 10.5 Å². The Morgan fingerprint density at radius 3 is 2.82 bits per heavy atom. The van der Waals surface area contributed by atoms with E-state index in [1.54, 1.807) is 12.2 Å². The molecule has 0 spiro atoms. The number of carbonyl (C=O) groups is 1. The molecule has 0 bridgehead atoms. The first-order valence-corrected chi connectivity index (χ1v) is 3.47. The number of ether oxygens (including phenoxy) is 1. The number of nitrogens with two attached hydrogens (primary N) is 1. The van der Waals surface area contributed by atoms with Crippen molar-refractivity contribution >= 4 is 5.97 Å². The summed E-state index contributed by atoms with van der Waals surface area (Å²) in [5, 5.41) is 0. The molecule has 0 saturated carbocycles. The molecule has 0 aliphatic rings. The zero-order chi connectivity index (χ0) is 8.53. The standard InChI is InChI=1S/C8H13NO2/c1-2-3-4-5-8(10)11-7-6-9/h2-5H,6-7,9H2,1H3. The first-order valence-electron chi connectivity index (χ1n) is 3.47. The number of allylic oxidation sites excluding steroid dienone is 3. The van der Waals surface area contributed by atoms with Gasteiger partial charge in [-0.1, -0.05) is 18.2 Å². The van der Waals surface area contributed by atoms with E-state index in [1.807, 2.05) is 13.0 Å². The SMILES string of the molecule is CC=CC=CC(=O)OCCN. The van der Waals surface area contributed by atoms with Gasteiger partial charge in [0.2, 0.25) is 0 Å². The summed E-state index contributed by atoms with van der Waals surface area (Å²) in [6.45, 7) is 2.51. The molecule has 0 aromatic heterocycles. The highest BCUT2D eigenvalue weighted by Crippen LogP contribution is 1.81. The highest BCUT2D eigenvalue weighted by atomic mass is 16.5. The smallest absolute Gasteiger partial charge is 0.330 e. The van der Waals surface area contributed by atoms with Crippen molar-refractivity contribution in [3.63, 3.8) is 0 Å². The van der Waals surface area contributed by atoms with Gasteiger partial charge >= 0.3 is 5.97 Å². The summed E-state index contributed by atoms with van der Waals surface area (Å²) in [5.41, 5.74) is 5.12. The number of rotatable bonds is 4. The molecule has 0 radical (unpaired) electrons. The van der Waals surface area contributed by atoms with Gasteiger partial charge in [0.25, 0.3) is 0 Å². The maximum atomic E-state index is 10.7. The molecule has 0 amide bonds. The van der Waals surface area contributed by atoms with Gasteiger partial charge in [0.1, 0.15) is 6.61 Å². The molecular formula is C8H13NO2. The van der Waals surface area contributed by atoms with Crippen molar-refractivity contribution in [3.05, 3.63) is 24.3 Å². The fourth-order valence-corrected chi connectivity index (χ4v) is 0.453. The highest BCUT2D eigenvalue weighted by molar-refractivity contribution is 5.82. The van der Waals surface area contributed by atoms with Gasteiger partial charge in [0.05, 0.1) is 0 Å². The molecule has 2 N–H and O–H groups in total. The zero-order valence-corrected chi connectivity index (χ0v) is 6.62. The molecule has 0 saturated heterocycles. The van der Waals surface area contributed by atoms with Crippen LogP contribution < -0.4 is 5.73 Å². The Bertz CT molecular complexity index is 161. The van der Waals surface area contributed by atoms with E-state index in [1.165, 1.54) is 6.08 Å². The van der Waals surface area contributed by atoms with Crippen molar-refractivity contribution in [2.24, 2.45) is 5.73 Å². The lowest BCUT2D eigenvalue weighted by Gasteiger charge is -1.95.